The number of H-pyrrole nitrogens is 1. The molecule has 0 spiro atoms. The van der Waals surface area contributed by atoms with Crippen molar-refractivity contribution in [3.63, 3.8) is 0 Å². The van der Waals surface area contributed by atoms with Gasteiger partial charge in [0.15, 0.2) is 5.82 Å². The molecule has 0 amide bonds. The summed E-state index contributed by atoms with van der Waals surface area (Å²) in [5.41, 5.74) is 4.97. The molecule has 150 valence electrons. The van der Waals surface area contributed by atoms with Crippen LogP contribution in [0.15, 0.2) is 65.6 Å². The molecule has 0 radical (unpaired) electrons. The number of alkyl halides is 1. The number of nitrogens with one attached hydrogen (secondary N) is 1. The van der Waals surface area contributed by atoms with Gasteiger partial charge >= 0.3 is 0 Å². The van der Waals surface area contributed by atoms with Crippen molar-refractivity contribution in [3.05, 3.63) is 87.8 Å². The van der Waals surface area contributed by atoms with E-state index in [4.69, 9.17) is 11.6 Å². The third-order valence-corrected chi connectivity index (χ3v) is 6.44. The normalized spacial score (nSPS) is 15.4. The van der Waals surface area contributed by atoms with Crippen LogP contribution in [0.3, 0.4) is 0 Å². The van der Waals surface area contributed by atoms with E-state index in [0.717, 1.165) is 46.4 Å². The predicted molar refractivity (Wildman–Crippen MR) is 127 cm³/mol. The van der Waals surface area contributed by atoms with E-state index in [2.05, 4.69) is 65.4 Å². The van der Waals surface area contributed by atoms with Crippen molar-refractivity contribution < 1.29 is 0 Å². The van der Waals surface area contributed by atoms with Crippen LogP contribution in [0.25, 0.3) is 16.8 Å². The van der Waals surface area contributed by atoms with E-state index in [0.29, 0.717) is 5.02 Å². The molecule has 30 heavy (non-hydrogen) atoms. The largest absolute Gasteiger partial charge is 0.338 e. The number of benzene rings is 2. The summed E-state index contributed by atoms with van der Waals surface area (Å²) in [6.07, 6.45) is 1.74. The number of hydrogen-bond acceptors (Lipinski definition) is 4. The lowest BCUT2D eigenvalue weighted by molar-refractivity contribution is 0.842. The van der Waals surface area contributed by atoms with E-state index in [9.17, 15) is 4.79 Å². The number of halogens is 2. The average Bonchev–Trinajstić information content (AvgIpc) is 3.08. The Morgan fingerprint density at radius 1 is 1.03 bits per heavy atom. The standard InChI is InChI=1S/C22H17ClIN5O/c1-13-26-27-22-18(24)12-28(17-6-4-16(23)5-7-17)20-10-14(2-8-19(20)29(13)22)15-3-9-21(30)25-11-15/h2-11,18H,12H2,1H3,(H,25,30)/t18-/m1/s1. The van der Waals surface area contributed by atoms with Crippen molar-refractivity contribution in [1.82, 2.24) is 19.7 Å². The number of aryl methyl sites for hydroxylation is 1. The molecule has 0 aliphatic carbocycles. The summed E-state index contributed by atoms with van der Waals surface area (Å²) >= 11 is 8.56. The lowest BCUT2D eigenvalue weighted by atomic mass is 10.0. The van der Waals surface area contributed by atoms with E-state index in [1.165, 1.54) is 0 Å². The first-order valence-corrected chi connectivity index (χ1v) is 11.1. The van der Waals surface area contributed by atoms with Crippen molar-refractivity contribution in [1.29, 1.82) is 0 Å². The number of aromatic amines is 1. The van der Waals surface area contributed by atoms with Gasteiger partial charge in [0, 0.05) is 29.5 Å². The summed E-state index contributed by atoms with van der Waals surface area (Å²) in [5, 5.41) is 9.47. The number of fused-ring (bicyclic) bond motifs is 3. The second-order valence-electron chi connectivity index (χ2n) is 7.14. The van der Waals surface area contributed by atoms with Gasteiger partial charge in [0.1, 0.15) is 5.82 Å². The van der Waals surface area contributed by atoms with Gasteiger partial charge in [-0.25, -0.2) is 0 Å². The Hall–Kier alpha value is -2.65. The molecule has 0 bridgehead atoms. The molecule has 8 heteroatoms. The van der Waals surface area contributed by atoms with Crippen molar-refractivity contribution in [2.24, 2.45) is 0 Å². The molecule has 0 fully saturated rings. The first kappa shape index (κ1) is 19.3. The fourth-order valence-electron chi connectivity index (χ4n) is 3.78. The van der Waals surface area contributed by atoms with Crippen LogP contribution >= 0.6 is 34.2 Å². The smallest absolute Gasteiger partial charge is 0.247 e. The second-order valence-corrected chi connectivity index (χ2v) is 9.08. The van der Waals surface area contributed by atoms with Gasteiger partial charge < -0.3 is 9.88 Å². The summed E-state index contributed by atoms with van der Waals surface area (Å²) in [6.45, 7) is 2.71. The maximum Gasteiger partial charge on any atom is 0.247 e. The molecular formula is C22H17ClIN5O. The Labute approximate surface area is 191 Å². The van der Waals surface area contributed by atoms with Crippen molar-refractivity contribution in [2.45, 2.75) is 10.8 Å². The summed E-state index contributed by atoms with van der Waals surface area (Å²) < 4.78 is 2.27. The highest BCUT2D eigenvalue weighted by atomic mass is 127. The van der Waals surface area contributed by atoms with Crippen molar-refractivity contribution in [2.75, 3.05) is 11.4 Å². The Balaban J connectivity index is 1.74. The van der Waals surface area contributed by atoms with Crippen LogP contribution in [0.2, 0.25) is 5.02 Å². The van der Waals surface area contributed by atoms with Crippen LogP contribution in [0.1, 0.15) is 15.6 Å². The second kappa shape index (κ2) is 7.55. The van der Waals surface area contributed by atoms with Crippen LogP contribution in [0.5, 0.6) is 0 Å². The molecular weight excluding hydrogens is 513 g/mol. The monoisotopic (exact) mass is 529 g/mol. The Kier molecular flexibility index (Phi) is 4.86. The molecule has 4 aromatic rings. The third kappa shape index (κ3) is 3.31. The van der Waals surface area contributed by atoms with Gasteiger partial charge in [-0.2, -0.15) is 0 Å². The third-order valence-electron chi connectivity index (χ3n) is 5.24. The van der Waals surface area contributed by atoms with Crippen LogP contribution < -0.4 is 10.5 Å². The Morgan fingerprint density at radius 2 is 1.80 bits per heavy atom. The highest BCUT2D eigenvalue weighted by molar-refractivity contribution is 14.1. The zero-order valence-corrected chi connectivity index (χ0v) is 18.9. The summed E-state index contributed by atoms with van der Waals surface area (Å²) in [5.74, 6) is 1.78. The molecule has 1 aliphatic heterocycles. The molecule has 1 atom stereocenters. The molecule has 1 aliphatic rings. The fraction of sp³-hybridized carbons (Fsp3) is 0.136. The van der Waals surface area contributed by atoms with Gasteiger partial charge in [0.25, 0.3) is 0 Å². The van der Waals surface area contributed by atoms with E-state index in [-0.39, 0.29) is 9.48 Å². The number of rotatable bonds is 2. The van der Waals surface area contributed by atoms with Crippen LogP contribution in [0.4, 0.5) is 11.4 Å². The molecule has 2 aromatic heterocycles. The van der Waals surface area contributed by atoms with Gasteiger partial charge in [-0.15, -0.1) is 10.2 Å². The zero-order chi connectivity index (χ0) is 20.8. The number of anilines is 2. The van der Waals surface area contributed by atoms with Gasteiger partial charge in [0.05, 0.1) is 15.3 Å². The average molecular weight is 530 g/mol. The predicted octanol–water partition coefficient (Wildman–Crippen LogP) is 5.21. The highest BCUT2D eigenvalue weighted by Crippen LogP contribution is 2.42. The number of nitrogens with zero attached hydrogens (tertiary/aromatic N) is 4. The molecule has 0 unspecified atom stereocenters. The van der Waals surface area contributed by atoms with E-state index in [1.54, 1.807) is 12.3 Å². The van der Waals surface area contributed by atoms with E-state index >= 15 is 0 Å². The van der Waals surface area contributed by atoms with Gasteiger partial charge in [0.2, 0.25) is 5.56 Å². The maximum absolute atomic E-state index is 11.5. The summed E-state index contributed by atoms with van der Waals surface area (Å²) in [6, 6.07) is 17.5. The lowest BCUT2D eigenvalue weighted by Crippen LogP contribution is -2.20. The molecule has 0 saturated heterocycles. The topological polar surface area (TPSA) is 66.8 Å². The first-order chi connectivity index (χ1) is 14.5. The molecule has 0 saturated carbocycles. The van der Waals surface area contributed by atoms with Crippen LogP contribution in [-0.2, 0) is 0 Å². The van der Waals surface area contributed by atoms with Gasteiger partial charge in [-0.3, -0.25) is 9.36 Å². The summed E-state index contributed by atoms with van der Waals surface area (Å²) in [7, 11) is 0. The number of hydrogen-bond donors (Lipinski definition) is 1. The van der Waals surface area contributed by atoms with Crippen molar-refractivity contribution in [3.8, 4) is 16.8 Å². The van der Waals surface area contributed by atoms with Gasteiger partial charge in [-0.1, -0.05) is 40.3 Å². The van der Waals surface area contributed by atoms with Crippen LogP contribution in [-0.4, -0.2) is 26.3 Å². The Morgan fingerprint density at radius 3 is 2.53 bits per heavy atom. The first-order valence-electron chi connectivity index (χ1n) is 9.44. The van der Waals surface area contributed by atoms with Gasteiger partial charge in [-0.05, 0) is 60.5 Å². The number of aromatic nitrogens is 4. The lowest BCUT2D eigenvalue weighted by Gasteiger charge is -2.26. The quantitative estimate of drug-likeness (QED) is 0.286. The Bertz CT molecular complexity index is 1280. The zero-order valence-electron chi connectivity index (χ0n) is 16.0. The molecule has 2 aromatic carbocycles. The molecule has 5 rings (SSSR count). The van der Waals surface area contributed by atoms with Crippen LogP contribution in [0, 0.1) is 6.92 Å². The molecule has 3 heterocycles. The minimum absolute atomic E-state index is 0.117. The van der Waals surface area contributed by atoms with E-state index < -0.39 is 0 Å². The minimum Gasteiger partial charge on any atom is -0.338 e. The molecule has 6 nitrogen and oxygen atoms in total. The number of pyridine rings is 1. The SMILES string of the molecule is Cc1nnc2n1-c1ccc(-c3ccc(=O)[nH]c3)cc1N(c1ccc(Cl)cc1)C[C@H]2I. The minimum atomic E-state index is -0.117. The highest BCUT2D eigenvalue weighted by Gasteiger charge is 2.29. The summed E-state index contributed by atoms with van der Waals surface area (Å²) in [4.78, 5) is 16.5. The van der Waals surface area contributed by atoms with E-state index in [1.807, 2.05) is 37.3 Å². The molecule has 1 N–H and O–H groups in total. The fourth-order valence-corrected chi connectivity index (χ4v) is 4.71. The maximum atomic E-state index is 11.5. The van der Waals surface area contributed by atoms with Crippen molar-refractivity contribution >= 4 is 45.6 Å².